The van der Waals surface area contributed by atoms with Crippen LogP contribution in [0.5, 0.6) is 0 Å². The number of pyridine rings is 1. The summed E-state index contributed by atoms with van der Waals surface area (Å²) in [5, 5.41) is 12.4. The average molecular weight is 295 g/mol. The lowest BCUT2D eigenvalue weighted by atomic mass is 10.2. The van der Waals surface area contributed by atoms with E-state index in [4.69, 9.17) is 0 Å². The van der Waals surface area contributed by atoms with Crippen molar-refractivity contribution in [3.05, 3.63) is 42.5 Å². The molecular weight excluding hydrogens is 278 g/mol. The molecule has 0 aliphatic carbocycles. The molecule has 0 atom stereocenters. The first-order chi connectivity index (χ1) is 10.8. The third kappa shape index (κ3) is 2.34. The summed E-state index contributed by atoms with van der Waals surface area (Å²) in [5.41, 5.74) is 3.07. The predicted molar refractivity (Wildman–Crippen MR) is 84.2 cm³/mol. The molecule has 7 heteroatoms. The molecule has 4 rings (SSSR count). The Balaban J connectivity index is 1.49. The van der Waals surface area contributed by atoms with Gasteiger partial charge >= 0.3 is 0 Å². The molecule has 0 amide bonds. The Morgan fingerprint density at radius 3 is 2.64 bits per heavy atom. The standard InChI is InChI=1S/C15H17N7/c1-12-10-13(4-5-16-12)20-6-8-21(9-7-20)15-3-2-14-18-17-11-22(14)19-15/h2-5,10-11H,6-9H2,1H3. The molecule has 1 saturated heterocycles. The lowest BCUT2D eigenvalue weighted by Crippen LogP contribution is -2.47. The second-order valence-electron chi connectivity index (χ2n) is 5.45. The molecule has 0 unspecified atom stereocenters. The second kappa shape index (κ2) is 5.25. The third-order valence-electron chi connectivity index (χ3n) is 4.00. The molecule has 4 heterocycles. The van der Waals surface area contributed by atoms with Gasteiger partial charge in [-0.15, -0.1) is 15.3 Å². The summed E-state index contributed by atoms with van der Waals surface area (Å²) in [6, 6.07) is 8.17. The van der Waals surface area contributed by atoms with Crippen LogP contribution >= 0.6 is 0 Å². The van der Waals surface area contributed by atoms with Gasteiger partial charge in [0.1, 0.15) is 12.1 Å². The predicted octanol–water partition coefficient (Wildman–Crippen LogP) is 1.15. The zero-order valence-electron chi connectivity index (χ0n) is 12.4. The van der Waals surface area contributed by atoms with Crippen molar-refractivity contribution in [1.29, 1.82) is 0 Å². The van der Waals surface area contributed by atoms with Crippen LogP contribution in [0.3, 0.4) is 0 Å². The van der Waals surface area contributed by atoms with Gasteiger partial charge in [0.2, 0.25) is 0 Å². The van der Waals surface area contributed by atoms with Crippen molar-refractivity contribution in [2.75, 3.05) is 36.0 Å². The number of anilines is 2. The number of nitrogens with zero attached hydrogens (tertiary/aromatic N) is 7. The fraction of sp³-hybridized carbons (Fsp3) is 0.333. The summed E-state index contributed by atoms with van der Waals surface area (Å²) in [4.78, 5) is 8.95. The highest BCUT2D eigenvalue weighted by atomic mass is 15.4. The van der Waals surface area contributed by atoms with Crippen LogP contribution in [-0.2, 0) is 0 Å². The van der Waals surface area contributed by atoms with Crippen LogP contribution in [0.4, 0.5) is 11.5 Å². The Labute approximate surface area is 128 Å². The lowest BCUT2D eigenvalue weighted by Gasteiger charge is -2.36. The smallest absolute Gasteiger partial charge is 0.177 e. The number of piperazine rings is 1. The topological polar surface area (TPSA) is 62.5 Å². The van der Waals surface area contributed by atoms with E-state index in [0.29, 0.717) is 0 Å². The molecule has 7 nitrogen and oxygen atoms in total. The molecule has 3 aromatic rings. The molecular formula is C15H17N7. The van der Waals surface area contributed by atoms with E-state index in [1.165, 1.54) is 5.69 Å². The first kappa shape index (κ1) is 13.0. The first-order valence-corrected chi connectivity index (χ1v) is 7.39. The highest BCUT2D eigenvalue weighted by Crippen LogP contribution is 2.19. The number of aryl methyl sites for hydroxylation is 1. The van der Waals surface area contributed by atoms with Crippen LogP contribution < -0.4 is 9.80 Å². The Morgan fingerprint density at radius 2 is 1.82 bits per heavy atom. The van der Waals surface area contributed by atoms with Gasteiger partial charge < -0.3 is 9.80 Å². The summed E-state index contributed by atoms with van der Waals surface area (Å²) in [6.07, 6.45) is 3.51. The maximum Gasteiger partial charge on any atom is 0.177 e. The third-order valence-corrected chi connectivity index (χ3v) is 4.00. The Bertz CT molecular complexity index is 789. The maximum atomic E-state index is 4.56. The van der Waals surface area contributed by atoms with Crippen molar-refractivity contribution in [2.45, 2.75) is 6.92 Å². The van der Waals surface area contributed by atoms with Crippen molar-refractivity contribution in [1.82, 2.24) is 24.8 Å². The fourth-order valence-electron chi connectivity index (χ4n) is 2.81. The minimum atomic E-state index is 0.773. The van der Waals surface area contributed by atoms with Crippen LogP contribution in [0.15, 0.2) is 36.8 Å². The van der Waals surface area contributed by atoms with Gasteiger partial charge in [0.25, 0.3) is 0 Å². The molecule has 1 fully saturated rings. The van der Waals surface area contributed by atoms with Gasteiger partial charge in [-0.3, -0.25) is 4.98 Å². The highest BCUT2D eigenvalue weighted by molar-refractivity contribution is 5.50. The molecule has 1 aliphatic rings. The van der Waals surface area contributed by atoms with Gasteiger partial charge in [0.15, 0.2) is 5.65 Å². The number of hydrogen-bond acceptors (Lipinski definition) is 6. The van der Waals surface area contributed by atoms with Gasteiger partial charge in [-0.05, 0) is 31.2 Å². The van der Waals surface area contributed by atoms with Crippen molar-refractivity contribution < 1.29 is 0 Å². The van der Waals surface area contributed by atoms with Gasteiger partial charge in [-0.2, -0.15) is 4.52 Å². The van der Waals surface area contributed by atoms with E-state index in [9.17, 15) is 0 Å². The van der Waals surface area contributed by atoms with E-state index < -0.39 is 0 Å². The molecule has 112 valence electrons. The molecule has 0 radical (unpaired) electrons. The first-order valence-electron chi connectivity index (χ1n) is 7.39. The zero-order valence-corrected chi connectivity index (χ0v) is 12.4. The normalized spacial score (nSPS) is 15.5. The molecule has 0 N–H and O–H groups in total. The van der Waals surface area contributed by atoms with Crippen molar-refractivity contribution in [2.24, 2.45) is 0 Å². The summed E-state index contributed by atoms with van der Waals surface area (Å²) >= 11 is 0. The largest absolute Gasteiger partial charge is 0.368 e. The number of hydrogen-bond donors (Lipinski definition) is 0. The Hall–Kier alpha value is -2.70. The van der Waals surface area contributed by atoms with Crippen LogP contribution in [0, 0.1) is 6.92 Å². The van der Waals surface area contributed by atoms with Crippen LogP contribution in [0.2, 0.25) is 0 Å². The summed E-state index contributed by atoms with van der Waals surface area (Å²) < 4.78 is 1.72. The quantitative estimate of drug-likeness (QED) is 0.707. The molecule has 0 saturated carbocycles. The molecule has 0 spiro atoms. The summed E-state index contributed by atoms with van der Waals surface area (Å²) in [7, 11) is 0. The van der Waals surface area contributed by atoms with E-state index in [1.807, 2.05) is 25.3 Å². The fourth-order valence-corrected chi connectivity index (χ4v) is 2.81. The highest BCUT2D eigenvalue weighted by Gasteiger charge is 2.19. The van der Waals surface area contributed by atoms with Crippen LogP contribution in [0.25, 0.3) is 5.65 Å². The second-order valence-corrected chi connectivity index (χ2v) is 5.45. The van der Waals surface area contributed by atoms with Gasteiger partial charge in [-0.25, -0.2) is 0 Å². The van der Waals surface area contributed by atoms with E-state index >= 15 is 0 Å². The summed E-state index contributed by atoms with van der Waals surface area (Å²) in [6.45, 7) is 5.87. The average Bonchev–Trinajstić information content (AvgIpc) is 3.02. The lowest BCUT2D eigenvalue weighted by molar-refractivity contribution is 0.641. The van der Waals surface area contributed by atoms with Gasteiger partial charge in [0, 0.05) is 43.8 Å². The Morgan fingerprint density at radius 1 is 1.00 bits per heavy atom. The minimum Gasteiger partial charge on any atom is -0.368 e. The van der Waals surface area contributed by atoms with Crippen molar-refractivity contribution >= 4 is 17.2 Å². The van der Waals surface area contributed by atoms with Crippen molar-refractivity contribution in [3.8, 4) is 0 Å². The molecule has 0 bridgehead atoms. The van der Waals surface area contributed by atoms with E-state index in [2.05, 4.69) is 42.2 Å². The Kier molecular flexibility index (Phi) is 3.10. The molecule has 3 aromatic heterocycles. The van der Waals surface area contributed by atoms with Gasteiger partial charge in [-0.1, -0.05) is 0 Å². The van der Waals surface area contributed by atoms with Crippen LogP contribution in [0.1, 0.15) is 5.69 Å². The zero-order chi connectivity index (χ0) is 14.9. The number of rotatable bonds is 2. The number of fused-ring (bicyclic) bond motifs is 1. The molecule has 1 aliphatic heterocycles. The number of aromatic nitrogens is 5. The minimum absolute atomic E-state index is 0.773. The molecule has 22 heavy (non-hydrogen) atoms. The SMILES string of the molecule is Cc1cc(N2CCN(c3ccc4nncn4n3)CC2)ccn1. The van der Waals surface area contributed by atoms with Crippen LogP contribution in [-0.4, -0.2) is 51.0 Å². The summed E-state index contributed by atoms with van der Waals surface area (Å²) in [5.74, 6) is 0.970. The molecule has 0 aromatic carbocycles. The van der Waals surface area contributed by atoms with E-state index in [1.54, 1.807) is 10.8 Å². The maximum absolute atomic E-state index is 4.56. The van der Waals surface area contributed by atoms with E-state index in [-0.39, 0.29) is 0 Å². The van der Waals surface area contributed by atoms with Gasteiger partial charge in [0.05, 0.1) is 0 Å². The monoisotopic (exact) mass is 295 g/mol. The van der Waals surface area contributed by atoms with Crippen molar-refractivity contribution in [3.63, 3.8) is 0 Å². The van der Waals surface area contributed by atoms with E-state index in [0.717, 1.165) is 43.3 Å².